The second kappa shape index (κ2) is 5.38. The Labute approximate surface area is 125 Å². The molecule has 1 atom stereocenters. The van der Waals surface area contributed by atoms with Crippen LogP contribution in [0, 0.1) is 0 Å². The zero-order valence-corrected chi connectivity index (χ0v) is 12.3. The zero-order valence-electron chi connectivity index (χ0n) is 12.3. The van der Waals surface area contributed by atoms with E-state index in [0.29, 0.717) is 5.92 Å². The van der Waals surface area contributed by atoms with E-state index < -0.39 is 0 Å². The number of aromatic nitrogens is 1. The molecular weight excluding hydrogens is 260 g/mol. The first kappa shape index (κ1) is 12.7. The van der Waals surface area contributed by atoms with E-state index in [1.807, 2.05) is 18.6 Å². The van der Waals surface area contributed by atoms with Crippen molar-refractivity contribution in [2.45, 2.75) is 31.6 Å². The Bertz CT molecular complexity index is 634. The van der Waals surface area contributed by atoms with Crippen molar-refractivity contribution in [1.82, 2.24) is 9.65 Å². The van der Waals surface area contributed by atoms with Gasteiger partial charge in [-0.1, -0.05) is 0 Å². The highest BCUT2D eigenvalue weighted by Gasteiger charge is 2.31. The minimum absolute atomic E-state index is 0.425. The van der Waals surface area contributed by atoms with Crippen molar-refractivity contribution in [3.05, 3.63) is 29.5 Å². The van der Waals surface area contributed by atoms with Gasteiger partial charge in [-0.3, -0.25) is 0 Å². The van der Waals surface area contributed by atoms with Crippen LogP contribution >= 0.6 is 0 Å². The molecule has 21 heavy (non-hydrogen) atoms. The summed E-state index contributed by atoms with van der Waals surface area (Å²) in [5.74, 6) is 1.49. The summed E-state index contributed by atoms with van der Waals surface area (Å²) >= 11 is 0. The number of fused-ring (bicyclic) bond motifs is 1. The van der Waals surface area contributed by atoms with Crippen LogP contribution in [-0.4, -0.2) is 37.0 Å². The second-order valence-electron chi connectivity index (χ2n) is 6.00. The second-order valence-corrected chi connectivity index (χ2v) is 6.00. The maximum atomic E-state index is 4.58. The van der Waals surface area contributed by atoms with E-state index in [9.17, 15) is 0 Å². The van der Waals surface area contributed by atoms with Gasteiger partial charge < -0.3 is 10.2 Å². The van der Waals surface area contributed by atoms with Crippen LogP contribution < -0.4 is 14.9 Å². The SMILES string of the molecule is C1=[N+]=CC(C2CCNc3nccc(N4CCCCC4)c32)=C1. The minimum atomic E-state index is 0.425. The first-order chi connectivity index (χ1) is 10.4. The number of piperidine rings is 1. The number of rotatable bonds is 2. The highest BCUT2D eigenvalue weighted by molar-refractivity contribution is 5.95. The lowest BCUT2D eigenvalue weighted by atomic mass is 9.85. The third-order valence-electron chi connectivity index (χ3n) is 4.72. The fourth-order valence-corrected chi connectivity index (χ4v) is 3.68. The summed E-state index contributed by atoms with van der Waals surface area (Å²) in [6.07, 6.45) is 13.1. The molecule has 4 rings (SSSR count). The van der Waals surface area contributed by atoms with Gasteiger partial charge in [0.25, 0.3) is 12.4 Å². The Kier molecular flexibility index (Phi) is 3.24. The van der Waals surface area contributed by atoms with Gasteiger partial charge in [0.05, 0.1) is 0 Å². The van der Waals surface area contributed by atoms with E-state index in [1.165, 1.54) is 49.2 Å². The minimum Gasteiger partial charge on any atom is -0.371 e. The number of anilines is 2. The smallest absolute Gasteiger partial charge is 0.296 e. The Morgan fingerprint density at radius 1 is 1.24 bits per heavy atom. The number of allylic oxidation sites excluding steroid dienone is 2. The molecule has 1 saturated heterocycles. The largest absolute Gasteiger partial charge is 0.371 e. The van der Waals surface area contributed by atoms with Gasteiger partial charge in [-0.05, 0) is 31.7 Å². The first-order valence-corrected chi connectivity index (χ1v) is 7.98. The van der Waals surface area contributed by atoms with E-state index >= 15 is 0 Å². The quantitative estimate of drug-likeness (QED) is 0.844. The molecule has 4 nitrogen and oxygen atoms in total. The molecular formula is C17H21N4+. The predicted molar refractivity (Wildman–Crippen MR) is 88.5 cm³/mol. The van der Waals surface area contributed by atoms with Gasteiger partial charge in [0.15, 0.2) is 0 Å². The molecule has 3 aliphatic heterocycles. The van der Waals surface area contributed by atoms with Crippen LogP contribution in [0.1, 0.15) is 37.2 Å². The fourth-order valence-electron chi connectivity index (χ4n) is 3.68. The third kappa shape index (κ3) is 2.26. The van der Waals surface area contributed by atoms with Gasteiger partial charge in [-0.15, -0.1) is 4.67 Å². The molecule has 3 aliphatic rings. The maximum Gasteiger partial charge on any atom is 0.296 e. The average molecular weight is 281 g/mol. The van der Waals surface area contributed by atoms with E-state index in [2.05, 4.69) is 32.0 Å². The van der Waals surface area contributed by atoms with Gasteiger partial charge in [-0.2, -0.15) is 0 Å². The molecule has 0 bridgehead atoms. The summed E-state index contributed by atoms with van der Waals surface area (Å²) in [7, 11) is 0. The van der Waals surface area contributed by atoms with Crippen molar-refractivity contribution in [1.29, 1.82) is 0 Å². The van der Waals surface area contributed by atoms with Crippen LogP contribution in [0.5, 0.6) is 0 Å². The highest BCUT2D eigenvalue weighted by atomic mass is 15.1. The Morgan fingerprint density at radius 2 is 2.14 bits per heavy atom. The van der Waals surface area contributed by atoms with Crippen LogP contribution in [0.4, 0.5) is 11.5 Å². The molecule has 1 fully saturated rings. The van der Waals surface area contributed by atoms with Crippen molar-refractivity contribution < 1.29 is 0 Å². The highest BCUT2D eigenvalue weighted by Crippen LogP contribution is 2.41. The lowest BCUT2D eigenvalue weighted by Gasteiger charge is -2.35. The van der Waals surface area contributed by atoms with Gasteiger partial charge >= 0.3 is 0 Å². The number of hydrogen-bond donors (Lipinski definition) is 1. The van der Waals surface area contributed by atoms with E-state index in [4.69, 9.17) is 0 Å². The van der Waals surface area contributed by atoms with Crippen LogP contribution in [0.25, 0.3) is 0 Å². The van der Waals surface area contributed by atoms with Crippen molar-refractivity contribution in [3.63, 3.8) is 0 Å². The zero-order chi connectivity index (χ0) is 14.1. The van der Waals surface area contributed by atoms with Crippen molar-refractivity contribution in [3.8, 4) is 0 Å². The van der Waals surface area contributed by atoms with Crippen molar-refractivity contribution in [2.75, 3.05) is 29.9 Å². The number of hydrogen-bond acceptors (Lipinski definition) is 3. The van der Waals surface area contributed by atoms with Gasteiger partial charge in [0.2, 0.25) is 0 Å². The molecule has 108 valence electrons. The molecule has 0 aliphatic carbocycles. The molecule has 1 N–H and O–H groups in total. The average Bonchev–Trinajstić information content (AvgIpc) is 3.09. The molecule has 4 heteroatoms. The summed E-state index contributed by atoms with van der Waals surface area (Å²) in [5.41, 5.74) is 4.07. The number of nitrogens with one attached hydrogen (secondary N) is 1. The monoisotopic (exact) mass is 281 g/mol. The molecule has 0 amide bonds. The van der Waals surface area contributed by atoms with Crippen LogP contribution in [-0.2, 0) is 0 Å². The Morgan fingerprint density at radius 3 is 2.95 bits per heavy atom. The molecule has 0 radical (unpaired) electrons. The number of pyridine rings is 1. The molecule has 1 unspecified atom stereocenters. The topological polar surface area (TPSA) is 42.3 Å². The van der Waals surface area contributed by atoms with Gasteiger partial charge in [-0.25, -0.2) is 4.98 Å². The lowest BCUT2D eigenvalue weighted by Crippen LogP contribution is -2.32. The Hall–Kier alpha value is -2.06. The molecule has 1 aromatic heterocycles. The fraction of sp³-hybridized carbons (Fsp3) is 0.471. The first-order valence-electron chi connectivity index (χ1n) is 7.98. The summed E-state index contributed by atoms with van der Waals surface area (Å²) in [5, 5.41) is 3.48. The molecule has 1 aromatic rings. The van der Waals surface area contributed by atoms with Gasteiger partial charge in [0, 0.05) is 54.6 Å². The summed E-state index contributed by atoms with van der Waals surface area (Å²) < 4.78 is 4.26. The van der Waals surface area contributed by atoms with Crippen LogP contribution in [0.3, 0.4) is 0 Å². The van der Waals surface area contributed by atoms with Crippen LogP contribution in [0.15, 0.2) is 23.9 Å². The lowest BCUT2D eigenvalue weighted by molar-refractivity contribution is 0.573. The van der Waals surface area contributed by atoms with E-state index in [-0.39, 0.29) is 0 Å². The molecule has 4 heterocycles. The summed E-state index contributed by atoms with van der Waals surface area (Å²) in [6, 6.07) is 2.19. The van der Waals surface area contributed by atoms with Gasteiger partial charge in [0.1, 0.15) is 5.82 Å². The van der Waals surface area contributed by atoms with E-state index in [1.54, 1.807) is 0 Å². The maximum absolute atomic E-state index is 4.58. The van der Waals surface area contributed by atoms with Crippen LogP contribution in [0.2, 0.25) is 0 Å². The van der Waals surface area contributed by atoms with Crippen molar-refractivity contribution >= 4 is 23.9 Å². The molecule has 0 aromatic carbocycles. The van der Waals surface area contributed by atoms with Crippen molar-refractivity contribution in [2.24, 2.45) is 0 Å². The third-order valence-corrected chi connectivity index (χ3v) is 4.72. The molecule has 0 saturated carbocycles. The molecule has 0 spiro atoms. The normalized spacial score (nSPS) is 23.7. The standard InChI is InChI=1S/C17H21N4/c1-2-10-21(11-3-1)15-6-9-20-17-16(15)14(5-8-19-17)13-4-7-18-12-13/h4,6-7,9,12,14H,1-3,5,8,10-11H2,(H,19,20)/q+1. The predicted octanol–water partition coefficient (Wildman–Crippen LogP) is 2.12. The summed E-state index contributed by atoms with van der Waals surface area (Å²) in [6.45, 7) is 3.32. The summed E-state index contributed by atoms with van der Waals surface area (Å²) in [4.78, 5) is 7.12. The Balaban J connectivity index is 1.76. The number of nitrogens with zero attached hydrogens (tertiary/aromatic N) is 3. The van der Waals surface area contributed by atoms with E-state index in [0.717, 1.165) is 18.8 Å².